The first-order valence-corrected chi connectivity index (χ1v) is 8.11. The van der Waals surface area contributed by atoms with Gasteiger partial charge in [0.1, 0.15) is 11.5 Å². The number of benzene rings is 2. The summed E-state index contributed by atoms with van der Waals surface area (Å²) < 4.78 is 20.8. The summed E-state index contributed by atoms with van der Waals surface area (Å²) in [6.45, 7) is -0.246. The van der Waals surface area contributed by atoms with Gasteiger partial charge in [-0.2, -0.15) is 0 Å². The molecule has 0 unspecified atom stereocenters. The highest BCUT2D eigenvalue weighted by atomic mass is 16.5. The van der Waals surface area contributed by atoms with Crippen molar-refractivity contribution in [3.05, 3.63) is 48.0 Å². The van der Waals surface area contributed by atoms with E-state index in [0.29, 0.717) is 28.6 Å². The van der Waals surface area contributed by atoms with Crippen molar-refractivity contribution in [2.24, 2.45) is 0 Å². The molecule has 0 saturated carbocycles. The summed E-state index contributed by atoms with van der Waals surface area (Å²) in [6, 6.07) is 12.0. The summed E-state index contributed by atoms with van der Waals surface area (Å²) in [5.74, 6) is 1.34. The molecule has 0 heterocycles. The zero-order chi connectivity index (χ0) is 19.6. The van der Waals surface area contributed by atoms with Crippen LogP contribution in [-0.2, 0) is 16.0 Å². The van der Waals surface area contributed by atoms with Crippen molar-refractivity contribution in [1.82, 2.24) is 10.9 Å². The highest BCUT2D eigenvalue weighted by molar-refractivity contribution is 5.84. The van der Waals surface area contributed by atoms with Crippen LogP contribution in [0.3, 0.4) is 0 Å². The Morgan fingerprint density at radius 2 is 1.52 bits per heavy atom. The number of rotatable bonds is 8. The molecular weight excluding hydrogens is 352 g/mol. The van der Waals surface area contributed by atoms with Crippen molar-refractivity contribution in [3.8, 4) is 23.0 Å². The lowest BCUT2D eigenvalue weighted by molar-refractivity contribution is -0.129. The molecule has 2 amide bonds. The molecule has 2 aromatic rings. The van der Waals surface area contributed by atoms with E-state index in [4.69, 9.17) is 18.9 Å². The second kappa shape index (κ2) is 9.91. The van der Waals surface area contributed by atoms with Gasteiger partial charge < -0.3 is 18.9 Å². The van der Waals surface area contributed by atoms with Gasteiger partial charge in [-0.1, -0.05) is 12.1 Å². The SMILES string of the molecule is COc1cccc(OCC(=O)NNC(=O)Cc2ccc(OC)c(OC)c2)c1. The molecule has 2 N–H and O–H groups in total. The Bertz CT molecular complexity index is 794. The molecule has 0 spiro atoms. The maximum absolute atomic E-state index is 12.0. The number of hydrogen-bond donors (Lipinski definition) is 2. The van der Waals surface area contributed by atoms with E-state index in [-0.39, 0.29) is 18.9 Å². The summed E-state index contributed by atoms with van der Waals surface area (Å²) in [4.78, 5) is 23.8. The topological polar surface area (TPSA) is 95.1 Å². The zero-order valence-corrected chi connectivity index (χ0v) is 15.4. The first kappa shape index (κ1) is 19.9. The maximum atomic E-state index is 12.0. The molecule has 0 aliphatic rings. The Labute approximate surface area is 157 Å². The third kappa shape index (κ3) is 6.10. The summed E-state index contributed by atoms with van der Waals surface area (Å²) in [5.41, 5.74) is 5.36. The maximum Gasteiger partial charge on any atom is 0.276 e. The second-order valence-electron chi connectivity index (χ2n) is 5.43. The van der Waals surface area contributed by atoms with Gasteiger partial charge in [0.15, 0.2) is 18.1 Å². The Hall–Kier alpha value is -3.42. The molecule has 0 radical (unpaired) electrons. The molecule has 2 rings (SSSR count). The smallest absolute Gasteiger partial charge is 0.276 e. The van der Waals surface area contributed by atoms with Gasteiger partial charge in [-0.15, -0.1) is 0 Å². The minimum Gasteiger partial charge on any atom is -0.497 e. The third-order valence-electron chi connectivity index (χ3n) is 3.57. The van der Waals surface area contributed by atoms with Gasteiger partial charge in [0.25, 0.3) is 5.91 Å². The molecule has 0 fully saturated rings. The molecule has 0 aliphatic carbocycles. The molecule has 0 saturated heterocycles. The largest absolute Gasteiger partial charge is 0.497 e. The fraction of sp³-hybridized carbons (Fsp3) is 0.263. The van der Waals surface area contributed by atoms with Crippen molar-refractivity contribution >= 4 is 11.8 Å². The van der Waals surface area contributed by atoms with Crippen molar-refractivity contribution < 1.29 is 28.5 Å². The van der Waals surface area contributed by atoms with Crippen LogP contribution in [0.2, 0.25) is 0 Å². The molecule has 0 aliphatic heterocycles. The zero-order valence-electron chi connectivity index (χ0n) is 15.4. The van der Waals surface area contributed by atoms with Gasteiger partial charge >= 0.3 is 0 Å². The van der Waals surface area contributed by atoms with Crippen LogP contribution < -0.4 is 29.8 Å². The Morgan fingerprint density at radius 3 is 2.22 bits per heavy atom. The fourth-order valence-electron chi connectivity index (χ4n) is 2.24. The van der Waals surface area contributed by atoms with Gasteiger partial charge in [0.2, 0.25) is 5.91 Å². The summed E-state index contributed by atoms with van der Waals surface area (Å²) in [6.07, 6.45) is 0.0668. The lowest BCUT2D eigenvalue weighted by Crippen LogP contribution is -2.44. The Kier molecular flexibility index (Phi) is 7.30. The molecule has 0 aromatic heterocycles. The van der Waals surface area contributed by atoms with Crippen LogP contribution in [0.4, 0.5) is 0 Å². The predicted octanol–water partition coefficient (Wildman–Crippen LogP) is 1.48. The van der Waals surface area contributed by atoms with Crippen LogP contribution in [0.5, 0.6) is 23.0 Å². The first-order chi connectivity index (χ1) is 13.0. The highest BCUT2D eigenvalue weighted by Gasteiger charge is 2.10. The monoisotopic (exact) mass is 374 g/mol. The lowest BCUT2D eigenvalue weighted by atomic mass is 10.1. The lowest BCUT2D eigenvalue weighted by Gasteiger charge is -2.11. The minimum absolute atomic E-state index is 0.0668. The Morgan fingerprint density at radius 1 is 0.815 bits per heavy atom. The number of carbonyl (C=O) groups excluding carboxylic acids is 2. The van der Waals surface area contributed by atoms with Crippen molar-refractivity contribution in [2.75, 3.05) is 27.9 Å². The van der Waals surface area contributed by atoms with Gasteiger partial charge in [-0.05, 0) is 29.8 Å². The van der Waals surface area contributed by atoms with E-state index in [2.05, 4.69) is 10.9 Å². The molecule has 8 heteroatoms. The van der Waals surface area contributed by atoms with Crippen LogP contribution in [0.25, 0.3) is 0 Å². The van der Waals surface area contributed by atoms with Crippen molar-refractivity contribution in [2.45, 2.75) is 6.42 Å². The van der Waals surface area contributed by atoms with E-state index in [1.807, 2.05) is 0 Å². The molecular formula is C19H22N2O6. The predicted molar refractivity (Wildman–Crippen MR) is 98.0 cm³/mol. The van der Waals surface area contributed by atoms with Crippen LogP contribution >= 0.6 is 0 Å². The van der Waals surface area contributed by atoms with Crippen LogP contribution in [0.15, 0.2) is 42.5 Å². The summed E-state index contributed by atoms with van der Waals surface area (Å²) >= 11 is 0. The number of amides is 2. The number of carbonyl (C=O) groups is 2. The fourth-order valence-corrected chi connectivity index (χ4v) is 2.24. The second-order valence-corrected chi connectivity index (χ2v) is 5.43. The van der Waals surface area contributed by atoms with Crippen molar-refractivity contribution in [3.63, 3.8) is 0 Å². The van der Waals surface area contributed by atoms with E-state index in [1.54, 1.807) is 49.6 Å². The van der Waals surface area contributed by atoms with Crippen LogP contribution in [0, 0.1) is 0 Å². The number of hydrazine groups is 1. The molecule has 0 bridgehead atoms. The third-order valence-corrected chi connectivity index (χ3v) is 3.57. The number of hydrogen-bond acceptors (Lipinski definition) is 6. The highest BCUT2D eigenvalue weighted by Crippen LogP contribution is 2.27. The summed E-state index contributed by atoms with van der Waals surface area (Å²) in [5, 5.41) is 0. The van der Waals surface area contributed by atoms with Gasteiger partial charge in [-0.25, -0.2) is 0 Å². The molecule has 144 valence electrons. The van der Waals surface area contributed by atoms with Crippen molar-refractivity contribution in [1.29, 1.82) is 0 Å². The van der Waals surface area contributed by atoms with E-state index >= 15 is 0 Å². The van der Waals surface area contributed by atoms with Gasteiger partial charge in [0.05, 0.1) is 27.8 Å². The number of nitrogens with one attached hydrogen (secondary N) is 2. The van der Waals surface area contributed by atoms with Gasteiger partial charge in [-0.3, -0.25) is 20.4 Å². The number of methoxy groups -OCH3 is 3. The molecule has 27 heavy (non-hydrogen) atoms. The molecule has 0 atom stereocenters. The minimum atomic E-state index is -0.488. The molecule has 8 nitrogen and oxygen atoms in total. The quantitative estimate of drug-likeness (QED) is 0.680. The standard InChI is InChI=1S/C19H22N2O6/c1-24-14-5-4-6-15(11-14)27-12-19(23)21-20-18(22)10-13-7-8-16(25-2)17(9-13)26-3/h4-9,11H,10,12H2,1-3H3,(H,20,22)(H,21,23). The van der Waals surface area contributed by atoms with Crippen LogP contribution in [0.1, 0.15) is 5.56 Å². The Balaban J connectivity index is 1.78. The van der Waals surface area contributed by atoms with Gasteiger partial charge in [0, 0.05) is 6.07 Å². The molecule has 2 aromatic carbocycles. The first-order valence-electron chi connectivity index (χ1n) is 8.11. The van der Waals surface area contributed by atoms with Crippen LogP contribution in [-0.4, -0.2) is 39.8 Å². The average Bonchev–Trinajstić information content (AvgIpc) is 2.70. The average molecular weight is 374 g/mol. The number of ether oxygens (including phenoxy) is 4. The van der Waals surface area contributed by atoms with E-state index in [9.17, 15) is 9.59 Å². The van der Waals surface area contributed by atoms with E-state index in [1.165, 1.54) is 14.2 Å². The van der Waals surface area contributed by atoms with E-state index in [0.717, 1.165) is 0 Å². The summed E-state index contributed by atoms with van der Waals surface area (Å²) in [7, 11) is 4.59. The van der Waals surface area contributed by atoms with E-state index < -0.39 is 5.91 Å². The normalized spacial score (nSPS) is 9.89.